The smallest absolute Gasteiger partial charge is 0.176 e. The standard InChI is InChI=1S/C13H24N6/c1-18-16-12(15-17-18)10-11(14)13(6-2-3-7-13)19-8-4-5-9-19/h11H,2-10,14H2,1H3. The first-order chi connectivity index (χ1) is 9.21. The summed E-state index contributed by atoms with van der Waals surface area (Å²) in [5.74, 6) is 0.778. The molecule has 1 atom stereocenters. The predicted octanol–water partition coefficient (Wildman–Crippen LogP) is 0.489. The number of likely N-dealkylation sites (tertiary alicyclic amines) is 1. The van der Waals surface area contributed by atoms with E-state index < -0.39 is 0 Å². The summed E-state index contributed by atoms with van der Waals surface area (Å²) in [7, 11) is 1.80. The van der Waals surface area contributed by atoms with E-state index in [1.807, 2.05) is 0 Å². The van der Waals surface area contributed by atoms with Crippen molar-refractivity contribution >= 4 is 0 Å². The van der Waals surface area contributed by atoms with E-state index >= 15 is 0 Å². The van der Waals surface area contributed by atoms with Crippen LogP contribution in [0.25, 0.3) is 0 Å². The number of nitrogens with two attached hydrogens (primary N) is 1. The van der Waals surface area contributed by atoms with Crippen molar-refractivity contribution in [2.24, 2.45) is 12.8 Å². The average molecular weight is 264 g/mol. The molecule has 1 saturated heterocycles. The zero-order valence-electron chi connectivity index (χ0n) is 11.8. The Morgan fingerprint density at radius 3 is 2.47 bits per heavy atom. The van der Waals surface area contributed by atoms with E-state index in [4.69, 9.17) is 5.73 Å². The molecule has 1 aliphatic carbocycles. The van der Waals surface area contributed by atoms with Crippen molar-refractivity contribution in [3.8, 4) is 0 Å². The number of nitrogens with zero attached hydrogens (tertiary/aromatic N) is 5. The summed E-state index contributed by atoms with van der Waals surface area (Å²) in [6.07, 6.45) is 8.44. The van der Waals surface area contributed by atoms with Crippen LogP contribution in [0.2, 0.25) is 0 Å². The monoisotopic (exact) mass is 264 g/mol. The Hall–Kier alpha value is -1.01. The van der Waals surface area contributed by atoms with Crippen LogP contribution in [-0.4, -0.2) is 49.8 Å². The number of rotatable bonds is 4. The molecule has 2 aliphatic rings. The maximum absolute atomic E-state index is 6.58. The van der Waals surface area contributed by atoms with E-state index in [0.717, 1.165) is 12.2 Å². The highest BCUT2D eigenvalue weighted by Crippen LogP contribution is 2.40. The molecule has 106 valence electrons. The van der Waals surface area contributed by atoms with Gasteiger partial charge in [0.15, 0.2) is 5.82 Å². The van der Waals surface area contributed by atoms with Gasteiger partial charge in [0.25, 0.3) is 0 Å². The molecule has 2 heterocycles. The summed E-state index contributed by atoms with van der Waals surface area (Å²) in [4.78, 5) is 4.15. The van der Waals surface area contributed by atoms with E-state index in [2.05, 4.69) is 20.3 Å². The van der Waals surface area contributed by atoms with Crippen LogP contribution in [0.3, 0.4) is 0 Å². The van der Waals surface area contributed by atoms with Crippen molar-refractivity contribution < 1.29 is 0 Å². The second kappa shape index (κ2) is 5.17. The number of aromatic nitrogens is 4. The highest BCUT2D eigenvalue weighted by atomic mass is 15.6. The van der Waals surface area contributed by atoms with Crippen molar-refractivity contribution in [3.05, 3.63) is 5.82 Å². The number of hydrogen-bond donors (Lipinski definition) is 1. The first-order valence-corrected chi connectivity index (χ1v) is 7.44. The summed E-state index contributed by atoms with van der Waals surface area (Å²) in [5.41, 5.74) is 6.77. The van der Waals surface area contributed by atoms with Gasteiger partial charge in [0.05, 0.1) is 7.05 Å². The van der Waals surface area contributed by atoms with E-state index in [9.17, 15) is 0 Å². The van der Waals surface area contributed by atoms with Gasteiger partial charge in [0.2, 0.25) is 0 Å². The second-order valence-corrected chi connectivity index (χ2v) is 6.01. The van der Waals surface area contributed by atoms with E-state index in [0.29, 0.717) is 0 Å². The topological polar surface area (TPSA) is 72.9 Å². The van der Waals surface area contributed by atoms with Crippen molar-refractivity contribution in [2.45, 2.75) is 56.5 Å². The lowest BCUT2D eigenvalue weighted by molar-refractivity contribution is 0.0914. The lowest BCUT2D eigenvalue weighted by atomic mass is 9.84. The molecule has 0 radical (unpaired) electrons. The molecule has 1 aliphatic heterocycles. The van der Waals surface area contributed by atoms with Gasteiger partial charge in [-0.1, -0.05) is 12.8 Å². The third kappa shape index (κ3) is 2.39. The highest BCUT2D eigenvalue weighted by molar-refractivity contribution is 5.06. The summed E-state index contributed by atoms with van der Waals surface area (Å²) in [6.45, 7) is 2.42. The molecule has 1 saturated carbocycles. The van der Waals surface area contributed by atoms with Crippen LogP contribution in [0.1, 0.15) is 44.3 Å². The maximum atomic E-state index is 6.58. The number of tetrazole rings is 1. The van der Waals surface area contributed by atoms with Gasteiger partial charge in [-0.25, -0.2) is 0 Å². The number of hydrogen-bond acceptors (Lipinski definition) is 5. The molecule has 0 bridgehead atoms. The molecule has 0 aromatic carbocycles. The first kappa shape index (κ1) is 13.0. The summed E-state index contributed by atoms with van der Waals surface area (Å²) >= 11 is 0. The number of aryl methyl sites for hydroxylation is 1. The van der Waals surface area contributed by atoms with Crippen LogP contribution in [0.4, 0.5) is 0 Å². The van der Waals surface area contributed by atoms with Gasteiger partial charge in [-0.05, 0) is 44.0 Å². The third-order valence-corrected chi connectivity index (χ3v) is 4.85. The normalized spacial score (nSPS) is 24.9. The van der Waals surface area contributed by atoms with Crippen LogP contribution in [-0.2, 0) is 13.5 Å². The van der Waals surface area contributed by atoms with Gasteiger partial charge in [0, 0.05) is 18.0 Å². The zero-order chi connectivity index (χ0) is 13.3. The Kier molecular flexibility index (Phi) is 3.54. The Morgan fingerprint density at radius 1 is 1.21 bits per heavy atom. The maximum Gasteiger partial charge on any atom is 0.176 e. The SMILES string of the molecule is Cn1nnc(CC(N)C2(N3CCCC3)CCCC2)n1. The lowest BCUT2D eigenvalue weighted by Gasteiger charge is -2.43. The van der Waals surface area contributed by atoms with Crippen molar-refractivity contribution in [1.29, 1.82) is 0 Å². The lowest BCUT2D eigenvalue weighted by Crippen LogP contribution is -2.58. The molecule has 6 nitrogen and oxygen atoms in total. The molecule has 3 rings (SSSR count). The van der Waals surface area contributed by atoms with Crippen molar-refractivity contribution in [3.63, 3.8) is 0 Å². The summed E-state index contributed by atoms with van der Waals surface area (Å²) in [6, 6.07) is 0.122. The van der Waals surface area contributed by atoms with Crippen LogP contribution in [0, 0.1) is 0 Å². The molecular formula is C13H24N6. The molecule has 19 heavy (non-hydrogen) atoms. The first-order valence-electron chi connectivity index (χ1n) is 7.44. The van der Waals surface area contributed by atoms with E-state index in [1.165, 1.54) is 56.4 Å². The molecular weight excluding hydrogens is 240 g/mol. The highest BCUT2D eigenvalue weighted by Gasteiger charge is 2.45. The molecule has 2 fully saturated rings. The Bertz CT molecular complexity index is 417. The van der Waals surface area contributed by atoms with Gasteiger partial charge in [-0.15, -0.1) is 10.2 Å². The zero-order valence-corrected chi connectivity index (χ0v) is 11.8. The fourth-order valence-electron chi connectivity index (χ4n) is 3.86. The molecule has 1 unspecified atom stereocenters. The Balaban J connectivity index is 1.75. The summed E-state index contributed by atoms with van der Waals surface area (Å²) < 4.78 is 0. The van der Waals surface area contributed by atoms with Crippen LogP contribution in [0.15, 0.2) is 0 Å². The second-order valence-electron chi connectivity index (χ2n) is 6.01. The minimum absolute atomic E-state index is 0.122. The molecule has 2 N–H and O–H groups in total. The van der Waals surface area contributed by atoms with Crippen molar-refractivity contribution in [2.75, 3.05) is 13.1 Å². The van der Waals surface area contributed by atoms with E-state index in [-0.39, 0.29) is 11.6 Å². The Labute approximate surface area is 114 Å². The van der Waals surface area contributed by atoms with Gasteiger partial charge < -0.3 is 5.73 Å². The van der Waals surface area contributed by atoms with Crippen LogP contribution >= 0.6 is 0 Å². The minimum Gasteiger partial charge on any atom is -0.326 e. The van der Waals surface area contributed by atoms with Crippen LogP contribution < -0.4 is 5.73 Å². The van der Waals surface area contributed by atoms with Gasteiger partial charge in [0.1, 0.15) is 0 Å². The average Bonchev–Trinajstić information content (AvgIpc) is 3.09. The largest absolute Gasteiger partial charge is 0.326 e. The molecule has 1 aromatic heterocycles. The van der Waals surface area contributed by atoms with Gasteiger partial charge in [-0.3, -0.25) is 4.90 Å². The van der Waals surface area contributed by atoms with Gasteiger partial charge in [-0.2, -0.15) is 4.80 Å². The minimum atomic E-state index is 0.122. The van der Waals surface area contributed by atoms with Gasteiger partial charge >= 0.3 is 0 Å². The van der Waals surface area contributed by atoms with Crippen molar-refractivity contribution in [1.82, 2.24) is 25.1 Å². The molecule has 6 heteroatoms. The fourth-order valence-corrected chi connectivity index (χ4v) is 3.86. The molecule has 0 amide bonds. The predicted molar refractivity (Wildman–Crippen MR) is 72.5 cm³/mol. The summed E-state index contributed by atoms with van der Waals surface area (Å²) in [5, 5.41) is 12.3. The molecule has 0 spiro atoms. The van der Waals surface area contributed by atoms with E-state index in [1.54, 1.807) is 7.05 Å². The Morgan fingerprint density at radius 2 is 1.89 bits per heavy atom. The quantitative estimate of drug-likeness (QED) is 0.856. The third-order valence-electron chi connectivity index (χ3n) is 4.85. The fraction of sp³-hybridized carbons (Fsp3) is 0.923. The molecule has 1 aromatic rings. The van der Waals surface area contributed by atoms with Crippen LogP contribution in [0.5, 0.6) is 0 Å².